The summed E-state index contributed by atoms with van der Waals surface area (Å²) < 4.78 is 0. The van der Waals surface area contributed by atoms with Gasteiger partial charge in [-0.05, 0) is 42.9 Å². The van der Waals surface area contributed by atoms with E-state index in [2.05, 4.69) is 4.90 Å². The quantitative estimate of drug-likeness (QED) is 0.617. The molecule has 0 radical (unpaired) electrons. The maximum absolute atomic E-state index is 5.78. The molecule has 2 heteroatoms. The SMILES string of the molecule is ClCCN1C[C@@H]2[C@@H]3CC[C@H](C3)[C@H]2C1. The van der Waals surface area contributed by atoms with Gasteiger partial charge in [0, 0.05) is 25.5 Å². The molecule has 3 rings (SSSR count). The van der Waals surface area contributed by atoms with Crippen LogP contribution in [0.5, 0.6) is 0 Å². The third-order valence-corrected chi connectivity index (χ3v) is 4.78. The highest BCUT2D eigenvalue weighted by atomic mass is 35.5. The average Bonchev–Trinajstić information content (AvgIpc) is 2.72. The Kier molecular flexibility index (Phi) is 2.06. The summed E-state index contributed by atoms with van der Waals surface area (Å²) >= 11 is 5.78. The van der Waals surface area contributed by atoms with Crippen molar-refractivity contribution in [2.45, 2.75) is 19.3 Å². The average molecular weight is 200 g/mol. The van der Waals surface area contributed by atoms with Crippen LogP contribution in [0.3, 0.4) is 0 Å². The van der Waals surface area contributed by atoms with Gasteiger partial charge in [0.2, 0.25) is 0 Å². The van der Waals surface area contributed by atoms with Crippen molar-refractivity contribution in [2.24, 2.45) is 23.7 Å². The summed E-state index contributed by atoms with van der Waals surface area (Å²) in [6, 6.07) is 0. The molecule has 13 heavy (non-hydrogen) atoms. The fourth-order valence-electron chi connectivity index (χ4n) is 4.07. The maximum Gasteiger partial charge on any atom is 0.0351 e. The van der Waals surface area contributed by atoms with Crippen LogP contribution in [0.25, 0.3) is 0 Å². The number of hydrogen-bond acceptors (Lipinski definition) is 1. The van der Waals surface area contributed by atoms with Gasteiger partial charge in [0.25, 0.3) is 0 Å². The Balaban J connectivity index is 1.69. The van der Waals surface area contributed by atoms with E-state index < -0.39 is 0 Å². The Morgan fingerprint density at radius 1 is 1.08 bits per heavy atom. The van der Waals surface area contributed by atoms with Gasteiger partial charge in [-0.3, -0.25) is 0 Å². The molecule has 3 aliphatic rings. The third-order valence-electron chi connectivity index (χ3n) is 4.61. The number of rotatable bonds is 2. The summed E-state index contributed by atoms with van der Waals surface area (Å²) in [7, 11) is 0. The van der Waals surface area contributed by atoms with E-state index in [0.29, 0.717) is 0 Å². The Bertz CT molecular complexity index is 188. The zero-order valence-corrected chi connectivity index (χ0v) is 8.84. The van der Waals surface area contributed by atoms with Crippen LogP contribution in [0.4, 0.5) is 0 Å². The van der Waals surface area contributed by atoms with Gasteiger partial charge in [-0.15, -0.1) is 11.6 Å². The minimum atomic E-state index is 0.814. The van der Waals surface area contributed by atoms with E-state index in [-0.39, 0.29) is 0 Å². The predicted molar refractivity (Wildman–Crippen MR) is 55.0 cm³/mol. The van der Waals surface area contributed by atoms with E-state index in [0.717, 1.165) is 36.1 Å². The first-order valence-electron chi connectivity index (χ1n) is 5.67. The van der Waals surface area contributed by atoms with Gasteiger partial charge in [-0.2, -0.15) is 0 Å². The van der Waals surface area contributed by atoms with Crippen molar-refractivity contribution in [3.8, 4) is 0 Å². The molecule has 0 spiro atoms. The number of alkyl halides is 1. The van der Waals surface area contributed by atoms with Crippen LogP contribution >= 0.6 is 11.6 Å². The fourth-order valence-corrected chi connectivity index (χ4v) is 4.31. The highest BCUT2D eigenvalue weighted by Crippen LogP contribution is 2.54. The molecule has 1 saturated heterocycles. The number of likely N-dealkylation sites (tertiary alicyclic amines) is 1. The molecule has 0 unspecified atom stereocenters. The van der Waals surface area contributed by atoms with Gasteiger partial charge >= 0.3 is 0 Å². The maximum atomic E-state index is 5.78. The molecule has 2 saturated carbocycles. The Hall–Kier alpha value is 0.250. The second-order valence-corrected chi connectivity index (χ2v) is 5.49. The van der Waals surface area contributed by atoms with Crippen LogP contribution in [0.2, 0.25) is 0 Å². The Labute approximate surface area is 85.4 Å². The monoisotopic (exact) mass is 199 g/mol. The zero-order valence-electron chi connectivity index (χ0n) is 8.08. The van der Waals surface area contributed by atoms with Crippen LogP contribution in [0.15, 0.2) is 0 Å². The summed E-state index contributed by atoms with van der Waals surface area (Å²) in [6.45, 7) is 3.84. The van der Waals surface area contributed by atoms with Crippen molar-refractivity contribution in [3.63, 3.8) is 0 Å². The molecule has 3 fully saturated rings. The molecule has 0 aromatic heterocycles. The highest BCUT2D eigenvalue weighted by molar-refractivity contribution is 6.18. The summed E-state index contributed by atoms with van der Waals surface area (Å²) in [5.74, 6) is 5.11. The molecule has 1 heterocycles. The molecule has 0 aromatic rings. The zero-order chi connectivity index (χ0) is 8.84. The molecule has 2 bridgehead atoms. The standard InChI is InChI=1S/C11H18ClN/c12-3-4-13-6-10-8-1-2-9(5-8)11(10)7-13/h8-11H,1-7H2/t8-,9-,10-,11-/m1/s1. The van der Waals surface area contributed by atoms with Crippen LogP contribution in [0, 0.1) is 23.7 Å². The first kappa shape index (κ1) is 8.55. The topological polar surface area (TPSA) is 3.24 Å². The summed E-state index contributed by atoms with van der Waals surface area (Å²) in [5, 5.41) is 0. The second kappa shape index (κ2) is 3.13. The first-order valence-corrected chi connectivity index (χ1v) is 6.20. The van der Waals surface area contributed by atoms with Crippen LogP contribution < -0.4 is 0 Å². The van der Waals surface area contributed by atoms with Gasteiger partial charge in [-0.25, -0.2) is 0 Å². The minimum Gasteiger partial charge on any atom is -0.302 e. The molecule has 0 aromatic carbocycles. The fraction of sp³-hybridized carbons (Fsp3) is 1.00. The van der Waals surface area contributed by atoms with Crippen LogP contribution in [0.1, 0.15) is 19.3 Å². The van der Waals surface area contributed by atoms with Crippen molar-refractivity contribution in [1.82, 2.24) is 4.90 Å². The lowest BCUT2D eigenvalue weighted by Crippen LogP contribution is -2.24. The van der Waals surface area contributed by atoms with Gasteiger partial charge < -0.3 is 4.90 Å². The predicted octanol–water partition coefficient (Wildman–Crippen LogP) is 2.20. The molecule has 0 amide bonds. The number of hydrogen-bond donors (Lipinski definition) is 0. The van der Waals surface area contributed by atoms with Crippen molar-refractivity contribution >= 4 is 11.6 Å². The summed E-state index contributed by atoms with van der Waals surface area (Å²) in [4.78, 5) is 2.59. The van der Waals surface area contributed by atoms with Gasteiger partial charge in [-0.1, -0.05) is 0 Å². The Morgan fingerprint density at radius 3 is 2.23 bits per heavy atom. The van der Waals surface area contributed by atoms with Crippen LogP contribution in [-0.2, 0) is 0 Å². The van der Waals surface area contributed by atoms with Gasteiger partial charge in [0.15, 0.2) is 0 Å². The normalized spacial score (nSPS) is 48.7. The van der Waals surface area contributed by atoms with Crippen molar-refractivity contribution < 1.29 is 0 Å². The largest absolute Gasteiger partial charge is 0.302 e. The minimum absolute atomic E-state index is 0.814. The van der Waals surface area contributed by atoms with E-state index in [1.165, 1.54) is 25.9 Å². The van der Waals surface area contributed by atoms with Crippen LogP contribution in [-0.4, -0.2) is 30.4 Å². The molecular weight excluding hydrogens is 182 g/mol. The third kappa shape index (κ3) is 1.24. The number of nitrogens with zero attached hydrogens (tertiary/aromatic N) is 1. The van der Waals surface area contributed by atoms with Crippen molar-refractivity contribution in [3.05, 3.63) is 0 Å². The molecule has 2 aliphatic carbocycles. The smallest absolute Gasteiger partial charge is 0.0351 e. The summed E-state index contributed by atoms with van der Waals surface area (Å²) in [6.07, 6.45) is 4.62. The Morgan fingerprint density at radius 2 is 1.69 bits per heavy atom. The lowest BCUT2D eigenvalue weighted by molar-refractivity contribution is 0.281. The highest BCUT2D eigenvalue weighted by Gasteiger charge is 2.51. The molecular formula is C11H18ClN. The van der Waals surface area contributed by atoms with E-state index in [9.17, 15) is 0 Å². The molecule has 1 aliphatic heterocycles. The van der Waals surface area contributed by atoms with E-state index >= 15 is 0 Å². The molecule has 4 atom stereocenters. The number of halogens is 1. The van der Waals surface area contributed by atoms with Gasteiger partial charge in [0.05, 0.1) is 0 Å². The first-order chi connectivity index (χ1) is 6.38. The van der Waals surface area contributed by atoms with E-state index in [1.807, 2.05) is 0 Å². The second-order valence-electron chi connectivity index (χ2n) is 5.11. The number of fused-ring (bicyclic) bond motifs is 5. The summed E-state index contributed by atoms with van der Waals surface area (Å²) in [5.41, 5.74) is 0. The van der Waals surface area contributed by atoms with E-state index in [1.54, 1.807) is 6.42 Å². The molecule has 0 N–H and O–H groups in total. The van der Waals surface area contributed by atoms with Crippen molar-refractivity contribution in [1.29, 1.82) is 0 Å². The van der Waals surface area contributed by atoms with Crippen molar-refractivity contribution in [2.75, 3.05) is 25.5 Å². The lowest BCUT2D eigenvalue weighted by Gasteiger charge is -2.22. The molecule has 74 valence electrons. The lowest BCUT2D eigenvalue weighted by atomic mass is 9.82. The van der Waals surface area contributed by atoms with E-state index in [4.69, 9.17) is 11.6 Å². The van der Waals surface area contributed by atoms with Gasteiger partial charge in [0.1, 0.15) is 0 Å². The molecule has 1 nitrogen and oxygen atoms in total.